The number of aliphatic carboxylic acids is 1. The Morgan fingerprint density at radius 3 is 2.43 bits per heavy atom. The fourth-order valence-electron chi connectivity index (χ4n) is 2.32. The molecule has 0 spiro atoms. The molecule has 0 fully saturated rings. The number of unbranched alkanes of at least 4 members (excludes halogenated alkanes) is 1. The Bertz CT molecular complexity index is 474. The van der Waals surface area contributed by atoms with Crippen LogP contribution in [0.5, 0.6) is 0 Å². The molecule has 1 aromatic rings. The molecule has 0 aliphatic carbocycles. The van der Waals surface area contributed by atoms with Gasteiger partial charge in [-0.2, -0.15) is 0 Å². The largest absolute Gasteiger partial charge is 0.480 e. The van der Waals surface area contributed by atoms with Gasteiger partial charge in [-0.05, 0) is 18.3 Å². The third kappa shape index (κ3) is 6.68. The van der Waals surface area contributed by atoms with Crippen LogP contribution in [0.2, 0.25) is 6.32 Å². The van der Waals surface area contributed by atoms with E-state index < -0.39 is 24.7 Å². The molecule has 1 aromatic carbocycles. The molecule has 128 valence electrons. The van der Waals surface area contributed by atoms with E-state index in [4.69, 9.17) is 15.8 Å². The Kier molecular flexibility index (Phi) is 8.22. The summed E-state index contributed by atoms with van der Waals surface area (Å²) in [6.07, 6.45) is 1.34. The number of aliphatic hydroxyl groups is 1. The second kappa shape index (κ2) is 9.64. The molecule has 7 N–H and O–H groups in total. The van der Waals surface area contributed by atoms with Crippen LogP contribution in [0.4, 0.5) is 0 Å². The van der Waals surface area contributed by atoms with Crippen LogP contribution in [0.1, 0.15) is 30.9 Å². The summed E-state index contributed by atoms with van der Waals surface area (Å²) in [5.74, 6) is -1.13. The number of nitrogens with one attached hydrogen (secondary N) is 1. The van der Waals surface area contributed by atoms with Crippen molar-refractivity contribution >= 4 is 13.1 Å². The van der Waals surface area contributed by atoms with Crippen molar-refractivity contribution < 1.29 is 25.1 Å². The van der Waals surface area contributed by atoms with Gasteiger partial charge < -0.3 is 31.3 Å². The van der Waals surface area contributed by atoms with E-state index in [1.807, 2.05) is 30.3 Å². The van der Waals surface area contributed by atoms with Crippen LogP contribution in [0, 0.1) is 0 Å². The predicted octanol–water partition coefficient (Wildman–Crippen LogP) is -0.265. The lowest BCUT2D eigenvalue weighted by atomic mass is 9.82. The minimum Gasteiger partial charge on any atom is -0.480 e. The Balaban J connectivity index is 2.58. The van der Waals surface area contributed by atoms with Crippen molar-refractivity contribution in [3.63, 3.8) is 0 Å². The molecule has 23 heavy (non-hydrogen) atoms. The van der Waals surface area contributed by atoms with E-state index >= 15 is 0 Å². The SMILES string of the molecule is NC(CCCCB(O)O)(CN[C@@H](CO)c1ccccc1)C(=O)O. The Labute approximate surface area is 136 Å². The van der Waals surface area contributed by atoms with Gasteiger partial charge in [0.1, 0.15) is 5.54 Å². The third-order valence-corrected chi connectivity index (χ3v) is 3.81. The van der Waals surface area contributed by atoms with E-state index in [-0.39, 0.29) is 25.9 Å². The average Bonchev–Trinajstić information content (AvgIpc) is 2.53. The van der Waals surface area contributed by atoms with Crippen LogP contribution in [0.3, 0.4) is 0 Å². The van der Waals surface area contributed by atoms with Gasteiger partial charge in [0.05, 0.1) is 12.6 Å². The maximum atomic E-state index is 11.5. The molecule has 0 aliphatic heterocycles. The van der Waals surface area contributed by atoms with Crippen LogP contribution in [0.25, 0.3) is 0 Å². The van der Waals surface area contributed by atoms with Crippen molar-refractivity contribution in [2.24, 2.45) is 5.73 Å². The minimum absolute atomic E-state index is 0.00410. The van der Waals surface area contributed by atoms with Gasteiger partial charge in [0.25, 0.3) is 0 Å². The van der Waals surface area contributed by atoms with Crippen molar-refractivity contribution in [1.82, 2.24) is 5.32 Å². The van der Waals surface area contributed by atoms with Gasteiger partial charge in [-0.15, -0.1) is 0 Å². The Morgan fingerprint density at radius 1 is 1.26 bits per heavy atom. The van der Waals surface area contributed by atoms with Gasteiger partial charge in [0, 0.05) is 6.54 Å². The van der Waals surface area contributed by atoms with Crippen molar-refractivity contribution in [1.29, 1.82) is 0 Å². The summed E-state index contributed by atoms with van der Waals surface area (Å²) < 4.78 is 0. The fourth-order valence-corrected chi connectivity index (χ4v) is 2.32. The summed E-state index contributed by atoms with van der Waals surface area (Å²) in [5.41, 5.74) is 5.35. The van der Waals surface area contributed by atoms with Gasteiger partial charge in [-0.25, -0.2) is 0 Å². The standard InChI is InChI=1S/C15H25BN2O5/c17-15(14(20)21,8-4-5-9-16(22)23)11-18-13(10-19)12-6-2-1-3-7-12/h1-3,6-7,13,18-19,22-23H,4-5,8-11,17H2,(H,20,21)/t13-,15?/m0/s1. The van der Waals surface area contributed by atoms with E-state index in [1.165, 1.54) is 0 Å². The average molecular weight is 324 g/mol. The first-order chi connectivity index (χ1) is 10.9. The highest BCUT2D eigenvalue weighted by Crippen LogP contribution is 2.16. The van der Waals surface area contributed by atoms with Crippen LogP contribution in [-0.4, -0.2) is 52.0 Å². The number of carboxylic acid groups (broad SMARTS) is 1. The molecule has 0 saturated carbocycles. The van der Waals surface area contributed by atoms with Crippen molar-refractivity contribution in [2.45, 2.75) is 37.2 Å². The molecule has 1 rings (SSSR count). The number of carboxylic acids is 1. The highest BCUT2D eigenvalue weighted by molar-refractivity contribution is 6.40. The fraction of sp³-hybridized carbons (Fsp3) is 0.533. The molecule has 0 heterocycles. The highest BCUT2D eigenvalue weighted by Gasteiger charge is 2.34. The minimum atomic E-state index is -1.47. The van der Waals surface area contributed by atoms with E-state index in [2.05, 4.69) is 5.32 Å². The summed E-state index contributed by atoms with van der Waals surface area (Å²) in [4.78, 5) is 11.5. The van der Waals surface area contributed by atoms with Gasteiger partial charge >= 0.3 is 13.1 Å². The lowest BCUT2D eigenvalue weighted by molar-refractivity contribution is -0.143. The molecule has 0 bridgehead atoms. The predicted molar refractivity (Wildman–Crippen MR) is 87.7 cm³/mol. The topological polar surface area (TPSA) is 136 Å². The molecule has 0 radical (unpaired) electrons. The van der Waals surface area contributed by atoms with Crippen LogP contribution in [-0.2, 0) is 4.79 Å². The molecule has 0 aromatic heterocycles. The number of hydrogen-bond donors (Lipinski definition) is 6. The smallest absolute Gasteiger partial charge is 0.451 e. The zero-order valence-electron chi connectivity index (χ0n) is 13.1. The van der Waals surface area contributed by atoms with Crippen LogP contribution >= 0.6 is 0 Å². The lowest BCUT2D eigenvalue weighted by Gasteiger charge is -2.28. The van der Waals surface area contributed by atoms with E-state index in [0.717, 1.165) is 5.56 Å². The second-order valence-corrected chi connectivity index (χ2v) is 5.71. The van der Waals surface area contributed by atoms with E-state index in [0.29, 0.717) is 12.8 Å². The molecule has 7 nitrogen and oxygen atoms in total. The number of carbonyl (C=O) groups is 1. The lowest BCUT2D eigenvalue weighted by Crippen LogP contribution is -2.55. The number of nitrogens with two attached hydrogens (primary N) is 1. The summed E-state index contributed by atoms with van der Waals surface area (Å²) >= 11 is 0. The molecular weight excluding hydrogens is 299 g/mol. The number of aliphatic hydroxyl groups excluding tert-OH is 1. The first-order valence-electron chi connectivity index (χ1n) is 7.66. The number of benzene rings is 1. The quantitative estimate of drug-likeness (QED) is 0.244. The monoisotopic (exact) mass is 324 g/mol. The molecule has 8 heteroatoms. The Hall–Kier alpha value is -1.45. The van der Waals surface area contributed by atoms with Gasteiger partial charge in [0.15, 0.2) is 0 Å². The molecule has 2 atom stereocenters. The van der Waals surface area contributed by atoms with Gasteiger partial charge in [-0.3, -0.25) is 4.79 Å². The third-order valence-electron chi connectivity index (χ3n) is 3.81. The molecule has 0 saturated heterocycles. The first kappa shape index (κ1) is 19.6. The maximum Gasteiger partial charge on any atom is 0.451 e. The molecular formula is C15H25BN2O5. The van der Waals surface area contributed by atoms with Crippen LogP contribution in [0.15, 0.2) is 30.3 Å². The summed E-state index contributed by atoms with van der Waals surface area (Å²) in [5, 5.41) is 39.4. The van der Waals surface area contributed by atoms with Gasteiger partial charge in [-0.1, -0.05) is 43.2 Å². The molecule has 0 aliphatic rings. The summed E-state index contributed by atoms with van der Waals surface area (Å²) in [7, 11) is -1.39. The Morgan fingerprint density at radius 2 is 1.91 bits per heavy atom. The number of rotatable bonds is 11. The van der Waals surface area contributed by atoms with Crippen LogP contribution < -0.4 is 11.1 Å². The van der Waals surface area contributed by atoms with Crippen molar-refractivity contribution in [3.8, 4) is 0 Å². The summed E-state index contributed by atoms with van der Waals surface area (Å²) in [6.45, 7) is -0.166. The molecule has 1 unspecified atom stereocenters. The van der Waals surface area contributed by atoms with Crippen molar-refractivity contribution in [2.75, 3.05) is 13.2 Å². The first-order valence-corrected chi connectivity index (χ1v) is 7.66. The molecule has 0 amide bonds. The summed E-state index contributed by atoms with van der Waals surface area (Å²) in [6, 6.07) is 8.83. The van der Waals surface area contributed by atoms with Crippen molar-refractivity contribution in [3.05, 3.63) is 35.9 Å². The number of hydrogen-bond acceptors (Lipinski definition) is 6. The van der Waals surface area contributed by atoms with Gasteiger partial charge in [0.2, 0.25) is 0 Å². The van der Waals surface area contributed by atoms with E-state index in [9.17, 15) is 15.0 Å². The van der Waals surface area contributed by atoms with E-state index in [1.54, 1.807) is 0 Å². The maximum absolute atomic E-state index is 11.5. The normalized spacial score (nSPS) is 15.0. The zero-order valence-corrected chi connectivity index (χ0v) is 13.1. The second-order valence-electron chi connectivity index (χ2n) is 5.71. The highest BCUT2D eigenvalue weighted by atomic mass is 16.4. The zero-order chi connectivity index (χ0) is 17.3.